The fourth-order valence-electron chi connectivity index (χ4n) is 3.63. The molecule has 1 heterocycles. The molecule has 21 heavy (non-hydrogen) atoms. The van der Waals surface area contributed by atoms with Crippen LogP contribution in [0.4, 0.5) is 0 Å². The molecule has 0 bridgehead atoms. The van der Waals surface area contributed by atoms with Crippen molar-refractivity contribution in [2.45, 2.75) is 51.0 Å². The number of aryl methyl sites for hydroxylation is 1. The maximum Gasteiger partial charge on any atom is 0.227 e. The summed E-state index contributed by atoms with van der Waals surface area (Å²) in [6.45, 7) is 4.08. The zero-order valence-corrected chi connectivity index (χ0v) is 12.9. The molecule has 3 nitrogen and oxygen atoms in total. The van der Waals surface area contributed by atoms with Gasteiger partial charge in [0, 0.05) is 12.6 Å². The SMILES string of the molecule is CC1CCC(CNC(=O)C2CCCc3ccccc32)CN1. The highest BCUT2D eigenvalue weighted by Gasteiger charge is 2.26. The van der Waals surface area contributed by atoms with Crippen molar-refractivity contribution >= 4 is 5.91 Å². The number of carbonyl (C=O) groups is 1. The summed E-state index contributed by atoms with van der Waals surface area (Å²) in [7, 11) is 0. The average molecular weight is 286 g/mol. The van der Waals surface area contributed by atoms with Crippen LogP contribution in [-0.2, 0) is 11.2 Å². The van der Waals surface area contributed by atoms with Crippen LogP contribution in [0, 0.1) is 5.92 Å². The summed E-state index contributed by atoms with van der Waals surface area (Å²) in [5.74, 6) is 0.871. The zero-order chi connectivity index (χ0) is 14.7. The van der Waals surface area contributed by atoms with Gasteiger partial charge in [-0.1, -0.05) is 24.3 Å². The number of nitrogens with one attached hydrogen (secondary N) is 2. The highest BCUT2D eigenvalue weighted by Crippen LogP contribution is 2.31. The molecule has 1 aromatic carbocycles. The molecule has 3 atom stereocenters. The van der Waals surface area contributed by atoms with Gasteiger partial charge in [-0.25, -0.2) is 0 Å². The molecule has 0 spiro atoms. The van der Waals surface area contributed by atoms with E-state index in [1.54, 1.807) is 0 Å². The summed E-state index contributed by atoms with van der Waals surface area (Å²) in [5, 5.41) is 6.70. The Kier molecular flexibility index (Phi) is 4.59. The lowest BCUT2D eigenvalue weighted by molar-refractivity contribution is -0.123. The quantitative estimate of drug-likeness (QED) is 0.897. The lowest BCUT2D eigenvalue weighted by Gasteiger charge is -2.29. The summed E-state index contributed by atoms with van der Waals surface area (Å²) >= 11 is 0. The van der Waals surface area contributed by atoms with Crippen molar-refractivity contribution in [1.29, 1.82) is 0 Å². The number of carbonyl (C=O) groups excluding carboxylic acids is 1. The number of fused-ring (bicyclic) bond motifs is 1. The van der Waals surface area contributed by atoms with E-state index in [1.807, 2.05) is 0 Å². The average Bonchev–Trinajstić information content (AvgIpc) is 2.53. The second-order valence-corrected chi connectivity index (χ2v) is 6.64. The Morgan fingerprint density at radius 3 is 2.95 bits per heavy atom. The van der Waals surface area contributed by atoms with Crippen LogP contribution >= 0.6 is 0 Å². The van der Waals surface area contributed by atoms with Gasteiger partial charge in [0.1, 0.15) is 0 Å². The van der Waals surface area contributed by atoms with Crippen molar-refractivity contribution in [2.24, 2.45) is 5.92 Å². The molecule has 3 heteroatoms. The van der Waals surface area contributed by atoms with E-state index in [0.717, 1.165) is 32.4 Å². The van der Waals surface area contributed by atoms with Gasteiger partial charge < -0.3 is 10.6 Å². The minimum Gasteiger partial charge on any atom is -0.355 e. The van der Waals surface area contributed by atoms with Crippen LogP contribution in [0.1, 0.15) is 49.7 Å². The van der Waals surface area contributed by atoms with Gasteiger partial charge in [-0.15, -0.1) is 0 Å². The first-order valence-electron chi connectivity index (χ1n) is 8.33. The second kappa shape index (κ2) is 6.61. The molecule has 1 aromatic rings. The molecule has 0 aromatic heterocycles. The second-order valence-electron chi connectivity index (χ2n) is 6.64. The van der Waals surface area contributed by atoms with Gasteiger partial charge in [-0.3, -0.25) is 4.79 Å². The van der Waals surface area contributed by atoms with Crippen molar-refractivity contribution in [3.05, 3.63) is 35.4 Å². The largest absolute Gasteiger partial charge is 0.355 e. The molecule has 0 radical (unpaired) electrons. The lowest BCUT2D eigenvalue weighted by atomic mass is 9.82. The van der Waals surface area contributed by atoms with Gasteiger partial charge in [-0.05, 0) is 62.6 Å². The van der Waals surface area contributed by atoms with Crippen LogP contribution in [0.25, 0.3) is 0 Å². The Morgan fingerprint density at radius 1 is 1.29 bits per heavy atom. The van der Waals surface area contributed by atoms with Gasteiger partial charge in [-0.2, -0.15) is 0 Å². The Morgan fingerprint density at radius 2 is 2.14 bits per heavy atom. The smallest absolute Gasteiger partial charge is 0.227 e. The highest BCUT2D eigenvalue weighted by molar-refractivity contribution is 5.84. The van der Waals surface area contributed by atoms with E-state index in [0.29, 0.717) is 12.0 Å². The first kappa shape index (κ1) is 14.6. The molecular weight excluding hydrogens is 260 g/mol. The third kappa shape index (κ3) is 3.46. The van der Waals surface area contributed by atoms with E-state index in [-0.39, 0.29) is 11.8 Å². The third-order valence-corrected chi connectivity index (χ3v) is 5.01. The van der Waals surface area contributed by atoms with Crippen molar-refractivity contribution < 1.29 is 4.79 Å². The molecule has 0 saturated carbocycles. The van der Waals surface area contributed by atoms with E-state index in [9.17, 15) is 4.79 Å². The van der Waals surface area contributed by atoms with E-state index < -0.39 is 0 Å². The molecule has 3 unspecified atom stereocenters. The number of hydrogen-bond acceptors (Lipinski definition) is 2. The van der Waals surface area contributed by atoms with Gasteiger partial charge in [0.15, 0.2) is 0 Å². The first-order valence-corrected chi connectivity index (χ1v) is 8.33. The normalized spacial score (nSPS) is 28.7. The minimum absolute atomic E-state index is 0.0606. The van der Waals surface area contributed by atoms with Crippen LogP contribution < -0.4 is 10.6 Å². The highest BCUT2D eigenvalue weighted by atomic mass is 16.1. The van der Waals surface area contributed by atoms with E-state index in [4.69, 9.17) is 0 Å². The van der Waals surface area contributed by atoms with E-state index in [2.05, 4.69) is 41.8 Å². The number of hydrogen-bond donors (Lipinski definition) is 2. The van der Waals surface area contributed by atoms with E-state index >= 15 is 0 Å². The van der Waals surface area contributed by atoms with E-state index in [1.165, 1.54) is 24.0 Å². The number of amides is 1. The summed E-state index contributed by atoms with van der Waals surface area (Å²) in [6, 6.07) is 9.05. The molecule has 1 fully saturated rings. The van der Waals surface area contributed by atoms with Gasteiger partial charge in [0.05, 0.1) is 5.92 Å². The number of piperidine rings is 1. The van der Waals surface area contributed by atoms with Crippen molar-refractivity contribution in [2.75, 3.05) is 13.1 Å². The van der Waals surface area contributed by atoms with Crippen LogP contribution in [0.15, 0.2) is 24.3 Å². The Bertz CT molecular complexity index is 492. The van der Waals surface area contributed by atoms with Crippen molar-refractivity contribution in [1.82, 2.24) is 10.6 Å². The van der Waals surface area contributed by atoms with Gasteiger partial charge in [0.25, 0.3) is 0 Å². The van der Waals surface area contributed by atoms with Gasteiger partial charge >= 0.3 is 0 Å². The van der Waals surface area contributed by atoms with Crippen molar-refractivity contribution in [3.8, 4) is 0 Å². The summed E-state index contributed by atoms with van der Waals surface area (Å²) in [4.78, 5) is 12.5. The van der Waals surface area contributed by atoms with Crippen LogP contribution in [0.3, 0.4) is 0 Å². The lowest BCUT2D eigenvalue weighted by Crippen LogP contribution is -2.43. The van der Waals surface area contributed by atoms with Crippen LogP contribution in [0.5, 0.6) is 0 Å². The number of rotatable bonds is 3. The predicted molar refractivity (Wildman–Crippen MR) is 85.3 cm³/mol. The Labute approximate surface area is 127 Å². The molecule has 114 valence electrons. The topological polar surface area (TPSA) is 41.1 Å². The van der Waals surface area contributed by atoms with Crippen LogP contribution in [0.2, 0.25) is 0 Å². The summed E-state index contributed by atoms with van der Waals surface area (Å²) in [6.07, 6.45) is 5.66. The summed E-state index contributed by atoms with van der Waals surface area (Å²) < 4.78 is 0. The minimum atomic E-state index is 0.0606. The third-order valence-electron chi connectivity index (χ3n) is 5.01. The maximum absolute atomic E-state index is 12.5. The monoisotopic (exact) mass is 286 g/mol. The first-order chi connectivity index (χ1) is 10.2. The number of benzene rings is 1. The predicted octanol–water partition coefficient (Wildman–Crippen LogP) is 2.61. The van der Waals surface area contributed by atoms with Gasteiger partial charge in [0.2, 0.25) is 5.91 Å². The summed E-state index contributed by atoms with van der Waals surface area (Å²) in [5.41, 5.74) is 2.61. The van der Waals surface area contributed by atoms with Crippen molar-refractivity contribution in [3.63, 3.8) is 0 Å². The fourth-order valence-corrected chi connectivity index (χ4v) is 3.63. The molecule has 2 N–H and O–H groups in total. The molecule has 1 amide bonds. The molecule has 1 saturated heterocycles. The van der Waals surface area contributed by atoms with Crippen LogP contribution in [-0.4, -0.2) is 25.0 Å². The Hall–Kier alpha value is -1.35. The fraction of sp³-hybridized carbons (Fsp3) is 0.611. The molecular formula is C18H26N2O. The Balaban J connectivity index is 1.57. The zero-order valence-electron chi connectivity index (χ0n) is 12.9. The molecule has 1 aliphatic heterocycles. The molecule has 3 rings (SSSR count). The molecule has 1 aliphatic carbocycles. The standard InChI is InChI=1S/C18H26N2O/c1-13-9-10-14(11-19-13)12-20-18(21)17-8-4-6-15-5-2-3-7-16(15)17/h2-3,5,7,13-14,17,19H,4,6,8-12H2,1H3,(H,20,21). The maximum atomic E-state index is 12.5. The molecule has 2 aliphatic rings.